The van der Waals surface area contributed by atoms with Gasteiger partial charge in [-0.2, -0.15) is 0 Å². The van der Waals surface area contributed by atoms with Crippen LogP contribution in [0.2, 0.25) is 0 Å². The van der Waals surface area contributed by atoms with Gasteiger partial charge in [0.25, 0.3) is 0 Å². The Morgan fingerprint density at radius 3 is 2.50 bits per heavy atom. The number of piperidine rings is 1. The highest BCUT2D eigenvalue weighted by atomic mass is 79.9. The predicted octanol–water partition coefficient (Wildman–Crippen LogP) is 2.83. The lowest BCUT2D eigenvalue weighted by molar-refractivity contribution is 0.177. The third-order valence-corrected chi connectivity index (χ3v) is 5.61. The zero-order valence-electron chi connectivity index (χ0n) is 7.56. The maximum absolute atomic E-state index is 3.75. The SMILES string of the molecule is CC(C)N1CC[C@H]2[C@@H](C1)C2(Br)Br. The molecule has 2 rings (SSSR count). The van der Waals surface area contributed by atoms with Crippen LogP contribution in [-0.2, 0) is 0 Å². The monoisotopic (exact) mass is 295 g/mol. The van der Waals surface area contributed by atoms with Crippen molar-refractivity contribution < 1.29 is 0 Å². The van der Waals surface area contributed by atoms with Gasteiger partial charge in [0.1, 0.15) is 0 Å². The van der Waals surface area contributed by atoms with Crippen LogP contribution in [0.5, 0.6) is 0 Å². The fourth-order valence-corrected chi connectivity index (χ4v) is 3.98. The number of hydrogen-bond acceptors (Lipinski definition) is 1. The highest BCUT2D eigenvalue weighted by molar-refractivity contribution is 9.25. The van der Waals surface area contributed by atoms with Crippen LogP contribution in [-0.4, -0.2) is 27.3 Å². The molecule has 12 heavy (non-hydrogen) atoms. The molecule has 1 saturated heterocycles. The summed E-state index contributed by atoms with van der Waals surface area (Å²) < 4.78 is 0.295. The van der Waals surface area contributed by atoms with Gasteiger partial charge >= 0.3 is 0 Å². The topological polar surface area (TPSA) is 3.24 Å². The lowest BCUT2D eigenvalue weighted by Gasteiger charge is -2.29. The van der Waals surface area contributed by atoms with Gasteiger partial charge in [-0.15, -0.1) is 0 Å². The van der Waals surface area contributed by atoms with Gasteiger partial charge in [0.15, 0.2) is 0 Å². The number of alkyl halides is 2. The summed E-state index contributed by atoms with van der Waals surface area (Å²) in [7, 11) is 0. The van der Waals surface area contributed by atoms with E-state index in [1.54, 1.807) is 0 Å². The first kappa shape index (κ1) is 9.47. The molecule has 1 nitrogen and oxygen atoms in total. The van der Waals surface area contributed by atoms with Gasteiger partial charge < -0.3 is 4.90 Å². The standard InChI is InChI=1S/C9H15Br2N/c1-6(2)12-4-3-7-8(5-12)9(7,10)11/h6-8H,3-5H2,1-2H3/t7-,8+/m0/s1. The molecule has 0 amide bonds. The zero-order valence-corrected chi connectivity index (χ0v) is 10.7. The van der Waals surface area contributed by atoms with Crippen LogP contribution in [0, 0.1) is 11.8 Å². The van der Waals surface area contributed by atoms with Crippen molar-refractivity contribution in [2.75, 3.05) is 13.1 Å². The highest BCUT2D eigenvalue weighted by Gasteiger charge is 2.63. The summed E-state index contributed by atoms with van der Waals surface area (Å²) in [5.74, 6) is 1.72. The average Bonchev–Trinajstić information content (AvgIpc) is 2.55. The molecule has 0 bridgehead atoms. The van der Waals surface area contributed by atoms with Crippen LogP contribution in [0.15, 0.2) is 0 Å². The van der Waals surface area contributed by atoms with Gasteiger partial charge in [-0.25, -0.2) is 0 Å². The van der Waals surface area contributed by atoms with Gasteiger partial charge in [0, 0.05) is 18.5 Å². The number of halogens is 2. The number of hydrogen-bond donors (Lipinski definition) is 0. The fourth-order valence-electron chi connectivity index (χ4n) is 2.22. The maximum atomic E-state index is 3.75. The van der Waals surface area contributed by atoms with E-state index in [4.69, 9.17) is 0 Å². The first-order valence-corrected chi connectivity index (χ1v) is 6.24. The molecule has 2 atom stereocenters. The molecule has 2 fully saturated rings. The third-order valence-electron chi connectivity index (χ3n) is 3.25. The van der Waals surface area contributed by atoms with Crippen molar-refractivity contribution in [2.45, 2.75) is 29.5 Å². The van der Waals surface area contributed by atoms with E-state index < -0.39 is 0 Å². The number of fused-ring (bicyclic) bond motifs is 1. The maximum Gasteiger partial charge on any atom is 0.0881 e. The molecule has 0 aromatic rings. The van der Waals surface area contributed by atoms with Gasteiger partial charge in [0.2, 0.25) is 0 Å². The second kappa shape index (κ2) is 2.96. The van der Waals surface area contributed by atoms with Crippen LogP contribution < -0.4 is 0 Å². The predicted molar refractivity (Wildman–Crippen MR) is 58.9 cm³/mol. The largest absolute Gasteiger partial charge is 0.301 e. The first-order valence-electron chi connectivity index (χ1n) is 4.65. The van der Waals surface area contributed by atoms with E-state index in [2.05, 4.69) is 50.6 Å². The quantitative estimate of drug-likeness (QED) is 0.673. The molecule has 0 spiro atoms. The molecule has 0 aromatic heterocycles. The number of rotatable bonds is 1. The first-order chi connectivity index (χ1) is 5.53. The molecular formula is C9H15Br2N. The van der Waals surface area contributed by atoms with Gasteiger partial charge in [-0.1, -0.05) is 31.9 Å². The van der Waals surface area contributed by atoms with Gasteiger partial charge in [-0.3, -0.25) is 0 Å². The van der Waals surface area contributed by atoms with E-state index in [1.807, 2.05) is 0 Å². The van der Waals surface area contributed by atoms with Crippen molar-refractivity contribution in [3.63, 3.8) is 0 Å². The average molecular weight is 297 g/mol. The smallest absolute Gasteiger partial charge is 0.0881 e. The van der Waals surface area contributed by atoms with E-state index in [0.717, 1.165) is 11.8 Å². The van der Waals surface area contributed by atoms with Crippen molar-refractivity contribution >= 4 is 31.9 Å². The zero-order chi connectivity index (χ0) is 8.93. The number of likely N-dealkylation sites (tertiary alicyclic amines) is 1. The van der Waals surface area contributed by atoms with Crippen molar-refractivity contribution in [3.8, 4) is 0 Å². The molecule has 0 unspecified atom stereocenters. The Labute approximate surface area is 91.1 Å². The molecule has 1 heterocycles. The minimum absolute atomic E-state index is 0.295. The molecule has 1 aliphatic heterocycles. The van der Waals surface area contributed by atoms with Crippen LogP contribution in [0.25, 0.3) is 0 Å². The molecule has 3 heteroatoms. The van der Waals surface area contributed by atoms with Crippen molar-refractivity contribution in [3.05, 3.63) is 0 Å². The van der Waals surface area contributed by atoms with Crippen LogP contribution in [0.4, 0.5) is 0 Å². The normalized spacial score (nSPS) is 39.8. The van der Waals surface area contributed by atoms with Crippen LogP contribution in [0.1, 0.15) is 20.3 Å². The molecule has 70 valence electrons. The Bertz CT molecular complexity index is 191. The molecule has 2 aliphatic rings. The van der Waals surface area contributed by atoms with Gasteiger partial charge in [0.05, 0.1) is 3.23 Å². The minimum atomic E-state index is 0.295. The minimum Gasteiger partial charge on any atom is -0.301 e. The van der Waals surface area contributed by atoms with Crippen molar-refractivity contribution in [1.82, 2.24) is 4.90 Å². The molecule has 0 radical (unpaired) electrons. The summed E-state index contributed by atoms with van der Waals surface area (Å²) in [5, 5.41) is 0. The van der Waals surface area contributed by atoms with Crippen LogP contribution in [0.3, 0.4) is 0 Å². The van der Waals surface area contributed by atoms with Gasteiger partial charge in [-0.05, 0) is 32.7 Å². The number of nitrogens with zero attached hydrogens (tertiary/aromatic N) is 1. The summed E-state index contributed by atoms with van der Waals surface area (Å²) >= 11 is 7.49. The fraction of sp³-hybridized carbons (Fsp3) is 1.00. The molecule has 0 N–H and O–H groups in total. The summed E-state index contributed by atoms with van der Waals surface area (Å²) in [6, 6.07) is 0.711. The summed E-state index contributed by atoms with van der Waals surface area (Å²) in [6.45, 7) is 7.11. The Kier molecular flexibility index (Phi) is 2.34. The lowest BCUT2D eigenvalue weighted by Crippen LogP contribution is -2.36. The van der Waals surface area contributed by atoms with Crippen LogP contribution >= 0.6 is 31.9 Å². The lowest BCUT2D eigenvalue weighted by atomic mass is 10.1. The highest BCUT2D eigenvalue weighted by Crippen LogP contribution is 2.65. The molecule has 1 saturated carbocycles. The third kappa shape index (κ3) is 1.38. The van der Waals surface area contributed by atoms with E-state index in [1.165, 1.54) is 19.5 Å². The Morgan fingerprint density at radius 1 is 1.33 bits per heavy atom. The molecular weight excluding hydrogens is 282 g/mol. The van der Waals surface area contributed by atoms with E-state index in [9.17, 15) is 0 Å². The Balaban J connectivity index is 1.97. The summed E-state index contributed by atoms with van der Waals surface area (Å²) in [5.41, 5.74) is 0. The second-order valence-corrected chi connectivity index (χ2v) is 7.95. The summed E-state index contributed by atoms with van der Waals surface area (Å²) in [6.07, 6.45) is 1.35. The molecule has 1 aliphatic carbocycles. The second-order valence-electron chi connectivity index (χ2n) is 4.26. The van der Waals surface area contributed by atoms with E-state index in [0.29, 0.717) is 9.28 Å². The van der Waals surface area contributed by atoms with Crippen molar-refractivity contribution in [2.24, 2.45) is 11.8 Å². The van der Waals surface area contributed by atoms with Crippen molar-refractivity contribution in [1.29, 1.82) is 0 Å². The Morgan fingerprint density at radius 2 is 2.00 bits per heavy atom. The van der Waals surface area contributed by atoms with E-state index in [-0.39, 0.29) is 0 Å². The summed E-state index contributed by atoms with van der Waals surface area (Å²) in [4.78, 5) is 2.57. The molecule has 0 aromatic carbocycles. The van der Waals surface area contributed by atoms with E-state index >= 15 is 0 Å². The Hall–Kier alpha value is 0.920.